The molecule has 4 N–H and O–H groups in total. The Bertz CT molecular complexity index is 1300. The minimum absolute atomic E-state index is 0.0254. The van der Waals surface area contributed by atoms with Gasteiger partial charge in [-0.3, -0.25) is 9.89 Å². The van der Waals surface area contributed by atoms with Crippen molar-refractivity contribution in [3.05, 3.63) is 83.9 Å². The number of H-pyrrole nitrogens is 1. The van der Waals surface area contributed by atoms with Crippen LogP contribution < -0.4 is 10.5 Å². The number of amides is 1. The number of nitrogens with two attached hydrogens (primary N) is 1. The van der Waals surface area contributed by atoms with E-state index in [0.29, 0.717) is 23.4 Å². The number of rotatable bonds is 5. The fourth-order valence-electron chi connectivity index (χ4n) is 3.09. The van der Waals surface area contributed by atoms with Crippen molar-refractivity contribution in [3.63, 3.8) is 0 Å². The molecule has 1 heterocycles. The standard InChI is InChI=1S/C21H18N4O3S/c22-29(27,28)17-8-4-7-16(12-17)20-18-11-14(9-10-19(18)24-25-20)13-23-21(26)15-5-2-1-3-6-15/h1-12H,13H2,(H,23,26)(H,24,25)(H2,22,27,28). The zero-order valence-electron chi connectivity index (χ0n) is 15.3. The molecular weight excluding hydrogens is 388 g/mol. The van der Waals surface area contributed by atoms with Crippen molar-refractivity contribution in [2.75, 3.05) is 0 Å². The third-order valence-electron chi connectivity index (χ3n) is 4.55. The molecule has 3 aromatic carbocycles. The number of aromatic amines is 1. The topological polar surface area (TPSA) is 118 Å². The Morgan fingerprint density at radius 2 is 1.79 bits per heavy atom. The zero-order valence-corrected chi connectivity index (χ0v) is 16.1. The number of nitrogens with one attached hydrogen (secondary N) is 2. The molecule has 1 amide bonds. The van der Waals surface area contributed by atoms with Gasteiger partial charge in [-0.2, -0.15) is 5.10 Å². The van der Waals surface area contributed by atoms with Gasteiger partial charge in [-0.1, -0.05) is 36.4 Å². The SMILES string of the molecule is NS(=O)(=O)c1cccc(-c2n[nH]c3ccc(CNC(=O)c4ccccc4)cc23)c1. The van der Waals surface area contributed by atoms with E-state index in [0.717, 1.165) is 16.5 Å². The monoisotopic (exact) mass is 406 g/mol. The molecule has 4 rings (SSSR count). The minimum Gasteiger partial charge on any atom is -0.348 e. The average molecular weight is 406 g/mol. The van der Waals surface area contributed by atoms with Gasteiger partial charge in [0.15, 0.2) is 0 Å². The van der Waals surface area contributed by atoms with Crippen LogP contribution in [0.1, 0.15) is 15.9 Å². The number of fused-ring (bicyclic) bond motifs is 1. The number of nitrogens with zero attached hydrogens (tertiary/aromatic N) is 1. The van der Waals surface area contributed by atoms with Gasteiger partial charge in [-0.05, 0) is 42.0 Å². The number of aromatic nitrogens is 2. The molecule has 0 spiro atoms. The second-order valence-electron chi connectivity index (χ2n) is 6.57. The highest BCUT2D eigenvalue weighted by molar-refractivity contribution is 7.89. The van der Waals surface area contributed by atoms with E-state index in [1.165, 1.54) is 12.1 Å². The Labute approximate surface area is 167 Å². The summed E-state index contributed by atoms with van der Waals surface area (Å²) in [5.74, 6) is -0.154. The van der Waals surface area contributed by atoms with Gasteiger partial charge < -0.3 is 5.32 Å². The lowest BCUT2D eigenvalue weighted by Crippen LogP contribution is -2.22. The maximum atomic E-state index is 12.3. The van der Waals surface area contributed by atoms with Gasteiger partial charge in [-0.25, -0.2) is 13.6 Å². The Balaban J connectivity index is 1.63. The van der Waals surface area contributed by atoms with E-state index >= 15 is 0 Å². The van der Waals surface area contributed by atoms with Crippen molar-refractivity contribution in [3.8, 4) is 11.3 Å². The molecule has 0 saturated carbocycles. The lowest BCUT2D eigenvalue weighted by molar-refractivity contribution is 0.0951. The predicted molar refractivity (Wildman–Crippen MR) is 111 cm³/mol. The fraction of sp³-hybridized carbons (Fsp3) is 0.0476. The molecule has 1 aromatic heterocycles. The quantitative estimate of drug-likeness (QED) is 0.472. The van der Waals surface area contributed by atoms with Crippen LogP contribution in [-0.4, -0.2) is 24.5 Å². The van der Waals surface area contributed by atoms with Gasteiger partial charge in [0, 0.05) is 23.1 Å². The molecule has 0 atom stereocenters. The Kier molecular flexibility index (Phi) is 4.87. The molecular formula is C21H18N4O3S. The first-order chi connectivity index (χ1) is 13.9. The number of carbonyl (C=O) groups excluding carboxylic acids is 1. The molecule has 0 saturated heterocycles. The van der Waals surface area contributed by atoms with Crippen LogP contribution in [0.3, 0.4) is 0 Å². The van der Waals surface area contributed by atoms with Crippen molar-refractivity contribution in [1.29, 1.82) is 0 Å². The van der Waals surface area contributed by atoms with E-state index in [1.807, 2.05) is 36.4 Å². The summed E-state index contributed by atoms with van der Waals surface area (Å²) >= 11 is 0. The molecule has 0 unspecified atom stereocenters. The third-order valence-corrected chi connectivity index (χ3v) is 5.46. The fourth-order valence-corrected chi connectivity index (χ4v) is 3.64. The number of sulfonamides is 1. The van der Waals surface area contributed by atoms with Crippen molar-refractivity contribution in [2.24, 2.45) is 5.14 Å². The first-order valence-corrected chi connectivity index (χ1v) is 10.4. The van der Waals surface area contributed by atoms with E-state index < -0.39 is 10.0 Å². The summed E-state index contributed by atoms with van der Waals surface area (Å²) in [6.45, 7) is 0.353. The van der Waals surface area contributed by atoms with Crippen molar-refractivity contribution >= 4 is 26.8 Å². The Hall–Kier alpha value is -3.49. The van der Waals surface area contributed by atoms with Crippen LogP contribution in [0.15, 0.2) is 77.7 Å². The second-order valence-corrected chi connectivity index (χ2v) is 8.14. The van der Waals surface area contributed by atoms with Gasteiger partial charge in [0.25, 0.3) is 5.91 Å². The highest BCUT2D eigenvalue weighted by Gasteiger charge is 2.13. The summed E-state index contributed by atoms with van der Waals surface area (Å²) in [7, 11) is -3.81. The minimum atomic E-state index is -3.81. The summed E-state index contributed by atoms with van der Waals surface area (Å²) in [5, 5.41) is 16.2. The molecule has 146 valence electrons. The van der Waals surface area contributed by atoms with E-state index in [1.54, 1.807) is 24.3 Å². The van der Waals surface area contributed by atoms with Crippen LogP contribution in [0, 0.1) is 0 Å². The smallest absolute Gasteiger partial charge is 0.251 e. The molecule has 0 fully saturated rings. The van der Waals surface area contributed by atoms with Crippen LogP contribution in [0.2, 0.25) is 0 Å². The number of benzene rings is 3. The third kappa shape index (κ3) is 4.03. The molecule has 4 aromatic rings. The van der Waals surface area contributed by atoms with Gasteiger partial charge in [0.1, 0.15) is 0 Å². The number of carbonyl (C=O) groups is 1. The molecule has 0 bridgehead atoms. The molecule has 0 aliphatic heterocycles. The molecule has 7 nitrogen and oxygen atoms in total. The van der Waals surface area contributed by atoms with E-state index in [2.05, 4.69) is 15.5 Å². The number of hydrogen-bond donors (Lipinski definition) is 3. The van der Waals surface area contributed by atoms with Crippen molar-refractivity contribution < 1.29 is 13.2 Å². The maximum Gasteiger partial charge on any atom is 0.251 e. The molecule has 0 radical (unpaired) electrons. The van der Waals surface area contributed by atoms with Gasteiger partial charge in [0.2, 0.25) is 10.0 Å². The Morgan fingerprint density at radius 1 is 1.00 bits per heavy atom. The van der Waals surface area contributed by atoms with Crippen molar-refractivity contribution in [2.45, 2.75) is 11.4 Å². The van der Waals surface area contributed by atoms with Crippen LogP contribution in [0.4, 0.5) is 0 Å². The van der Waals surface area contributed by atoms with Crippen LogP contribution in [-0.2, 0) is 16.6 Å². The first kappa shape index (κ1) is 18.9. The Morgan fingerprint density at radius 3 is 2.55 bits per heavy atom. The van der Waals surface area contributed by atoms with Crippen LogP contribution >= 0.6 is 0 Å². The second kappa shape index (κ2) is 7.50. The summed E-state index contributed by atoms with van der Waals surface area (Å²) < 4.78 is 23.3. The van der Waals surface area contributed by atoms with Gasteiger partial charge in [-0.15, -0.1) is 0 Å². The first-order valence-electron chi connectivity index (χ1n) is 8.85. The van der Waals surface area contributed by atoms with Gasteiger partial charge >= 0.3 is 0 Å². The summed E-state index contributed by atoms with van der Waals surface area (Å²) in [5.41, 5.74) is 3.54. The molecule has 29 heavy (non-hydrogen) atoms. The lowest BCUT2D eigenvalue weighted by atomic mass is 10.1. The van der Waals surface area contributed by atoms with E-state index in [4.69, 9.17) is 5.14 Å². The van der Waals surface area contributed by atoms with Crippen LogP contribution in [0.25, 0.3) is 22.2 Å². The highest BCUT2D eigenvalue weighted by atomic mass is 32.2. The highest BCUT2D eigenvalue weighted by Crippen LogP contribution is 2.28. The normalized spacial score (nSPS) is 11.5. The van der Waals surface area contributed by atoms with E-state index in [-0.39, 0.29) is 10.8 Å². The summed E-state index contributed by atoms with van der Waals surface area (Å²) in [6, 6.07) is 21.0. The summed E-state index contributed by atoms with van der Waals surface area (Å²) in [6.07, 6.45) is 0. The lowest BCUT2D eigenvalue weighted by Gasteiger charge is -2.06. The van der Waals surface area contributed by atoms with Crippen LogP contribution in [0.5, 0.6) is 0 Å². The maximum absolute atomic E-state index is 12.3. The summed E-state index contributed by atoms with van der Waals surface area (Å²) in [4.78, 5) is 12.3. The van der Waals surface area contributed by atoms with Crippen molar-refractivity contribution in [1.82, 2.24) is 15.5 Å². The number of primary sulfonamides is 1. The molecule has 0 aliphatic carbocycles. The predicted octanol–water partition coefficient (Wildman–Crippen LogP) is 2.81. The zero-order chi connectivity index (χ0) is 20.4. The largest absolute Gasteiger partial charge is 0.348 e. The number of hydrogen-bond acceptors (Lipinski definition) is 4. The molecule has 8 heteroatoms. The van der Waals surface area contributed by atoms with E-state index in [9.17, 15) is 13.2 Å². The molecule has 0 aliphatic rings. The van der Waals surface area contributed by atoms with Gasteiger partial charge in [0.05, 0.1) is 16.1 Å². The average Bonchev–Trinajstić information content (AvgIpc) is 3.15.